The van der Waals surface area contributed by atoms with E-state index in [-0.39, 0.29) is 0 Å². The zero-order valence-corrected chi connectivity index (χ0v) is 14.2. The van der Waals surface area contributed by atoms with Crippen molar-refractivity contribution >= 4 is 17.6 Å². The molecule has 0 spiro atoms. The number of carbonyl (C=O) groups is 2. The van der Waals surface area contributed by atoms with E-state index in [0.717, 1.165) is 0 Å². The third kappa shape index (κ3) is 4.87. The molecule has 2 aromatic carbocycles. The van der Waals surface area contributed by atoms with E-state index in [2.05, 4.69) is 5.32 Å². The molecule has 25 heavy (non-hydrogen) atoms. The number of esters is 1. The third-order valence-corrected chi connectivity index (χ3v) is 3.32. The van der Waals surface area contributed by atoms with Gasteiger partial charge in [0, 0.05) is 6.07 Å². The minimum absolute atomic E-state index is 0.297. The van der Waals surface area contributed by atoms with Crippen molar-refractivity contribution in [3.63, 3.8) is 0 Å². The summed E-state index contributed by atoms with van der Waals surface area (Å²) in [6.45, 7) is -0.434. The predicted octanol–water partition coefficient (Wildman–Crippen LogP) is 2.51. The summed E-state index contributed by atoms with van der Waals surface area (Å²) in [6, 6.07) is 11.5. The van der Waals surface area contributed by atoms with Crippen LogP contribution >= 0.6 is 0 Å². The predicted molar refractivity (Wildman–Crippen MR) is 91.5 cm³/mol. The van der Waals surface area contributed by atoms with E-state index in [1.807, 2.05) is 0 Å². The van der Waals surface area contributed by atoms with E-state index in [1.54, 1.807) is 36.4 Å². The Morgan fingerprint density at radius 3 is 2.32 bits per heavy atom. The van der Waals surface area contributed by atoms with Gasteiger partial charge in [-0.05, 0) is 30.3 Å². The second kappa shape index (κ2) is 8.58. The fraction of sp³-hybridized carbons (Fsp3) is 0.222. The van der Waals surface area contributed by atoms with Crippen LogP contribution in [-0.4, -0.2) is 39.8 Å². The molecular formula is C18H19NO6. The highest BCUT2D eigenvalue weighted by atomic mass is 16.5. The smallest absolute Gasteiger partial charge is 0.338 e. The van der Waals surface area contributed by atoms with Crippen LogP contribution in [0.2, 0.25) is 0 Å². The summed E-state index contributed by atoms with van der Waals surface area (Å²) in [7, 11) is 4.50. The van der Waals surface area contributed by atoms with Gasteiger partial charge in [-0.2, -0.15) is 0 Å². The van der Waals surface area contributed by atoms with Crippen LogP contribution in [-0.2, 0) is 9.53 Å². The highest BCUT2D eigenvalue weighted by Crippen LogP contribution is 2.28. The minimum atomic E-state index is -0.619. The quantitative estimate of drug-likeness (QED) is 0.777. The van der Waals surface area contributed by atoms with Crippen molar-refractivity contribution in [2.75, 3.05) is 33.3 Å². The van der Waals surface area contributed by atoms with Crippen molar-refractivity contribution in [3.05, 3.63) is 48.0 Å². The van der Waals surface area contributed by atoms with Gasteiger partial charge in [0.1, 0.15) is 17.2 Å². The molecule has 0 unspecified atom stereocenters. The molecule has 0 aliphatic heterocycles. The zero-order valence-electron chi connectivity index (χ0n) is 14.2. The molecule has 2 aromatic rings. The van der Waals surface area contributed by atoms with Gasteiger partial charge in [-0.1, -0.05) is 6.07 Å². The normalized spacial score (nSPS) is 9.88. The average Bonchev–Trinajstić information content (AvgIpc) is 2.66. The van der Waals surface area contributed by atoms with Crippen molar-refractivity contribution in [2.24, 2.45) is 0 Å². The number of hydrogen-bond acceptors (Lipinski definition) is 6. The molecule has 0 fully saturated rings. The maximum Gasteiger partial charge on any atom is 0.338 e. The van der Waals surface area contributed by atoms with Crippen molar-refractivity contribution in [3.8, 4) is 17.2 Å². The lowest BCUT2D eigenvalue weighted by Gasteiger charge is -2.12. The van der Waals surface area contributed by atoms with Gasteiger partial charge in [0.05, 0.1) is 32.6 Å². The van der Waals surface area contributed by atoms with E-state index in [9.17, 15) is 9.59 Å². The fourth-order valence-electron chi connectivity index (χ4n) is 2.06. The Labute approximate surface area is 145 Å². The molecule has 132 valence electrons. The van der Waals surface area contributed by atoms with Crippen LogP contribution in [0.25, 0.3) is 0 Å². The molecule has 7 heteroatoms. The van der Waals surface area contributed by atoms with Gasteiger partial charge in [0.15, 0.2) is 6.61 Å². The first-order valence-electron chi connectivity index (χ1n) is 7.40. The lowest BCUT2D eigenvalue weighted by atomic mass is 10.2. The standard InChI is InChI=1S/C18H19NO6/c1-22-13-6-4-5-12(9-13)18(21)25-11-17(20)19-15-10-14(23-2)7-8-16(15)24-3/h4-10H,11H2,1-3H3,(H,19,20). The summed E-state index contributed by atoms with van der Waals surface area (Å²) < 4.78 is 20.3. The first-order valence-corrected chi connectivity index (χ1v) is 7.40. The molecule has 0 aliphatic carbocycles. The van der Waals surface area contributed by atoms with E-state index in [0.29, 0.717) is 28.5 Å². The van der Waals surface area contributed by atoms with Gasteiger partial charge in [-0.15, -0.1) is 0 Å². The average molecular weight is 345 g/mol. The Balaban J connectivity index is 1.97. The van der Waals surface area contributed by atoms with E-state index in [1.165, 1.54) is 27.4 Å². The minimum Gasteiger partial charge on any atom is -0.497 e. The molecule has 0 saturated carbocycles. The van der Waals surface area contributed by atoms with Crippen LogP contribution in [0.4, 0.5) is 5.69 Å². The second-order valence-electron chi connectivity index (χ2n) is 4.92. The lowest BCUT2D eigenvalue weighted by Crippen LogP contribution is -2.21. The largest absolute Gasteiger partial charge is 0.497 e. The number of methoxy groups -OCH3 is 3. The molecule has 7 nitrogen and oxygen atoms in total. The van der Waals surface area contributed by atoms with Gasteiger partial charge in [0.25, 0.3) is 5.91 Å². The summed E-state index contributed by atoms with van der Waals surface area (Å²) in [5.74, 6) is 0.437. The number of rotatable bonds is 7. The first-order chi connectivity index (χ1) is 12.1. The number of ether oxygens (including phenoxy) is 4. The summed E-state index contributed by atoms with van der Waals surface area (Å²) in [5.41, 5.74) is 0.718. The van der Waals surface area contributed by atoms with Crippen LogP contribution in [0.1, 0.15) is 10.4 Å². The second-order valence-corrected chi connectivity index (χ2v) is 4.92. The number of anilines is 1. The topological polar surface area (TPSA) is 83.1 Å². The van der Waals surface area contributed by atoms with E-state index >= 15 is 0 Å². The molecular weight excluding hydrogens is 326 g/mol. The molecule has 0 saturated heterocycles. The summed E-state index contributed by atoms with van der Waals surface area (Å²) in [4.78, 5) is 24.0. The Hall–Kier alpha value is -3.22. The van der Waals surface area contributed by atoms with Crippen LogP contribution in [0, 0.1) is 0 Å². The van der Waals surface area contributed by atoms with Crippen LogP contribution < -0.4 is 19.5 Å². The highest BCUT2D eigenvalue weighted by molar-refractivity contribution is 5.96. The van der Waals surface area contributed by atoms with Crippen LogP contribution in [0.5, 0.6) is 17.2 Å². The number of amides is 1. The molecule has 0 bridgehead atoms. The van der Waals surface area contributed by atoms with Gasteiger partial charge in [-0.25, -0.2) is 4.79 Å². The molecule has 0 aromatic heterocycles. The van der Waals surface area contributed by atoms with Crippen LogP contribution in [0.15, 0.2) is 42.5 Å². The fourth-order valence-corrected chi connectivity index (χ4v) is 2.06. The maximum absolute atomic E-state index is 12.0. The van der Waals surface area contributed by atoms with Gasteiger partial charge < -0.3 is 24.3 Å². The summed E-state index contributed by atoms with van der Waals surface area (Å²) in [5, 5.41) is 2.62. The molecule has 2 rings (SSSR count). The van der Waals surface area contributed by atoms with Gasteiger partial charge in [0.2, 0.25) is 0 Å². The summed E-state index contributed by atoms with van der Waals surface area (Å²) >= 11 is 0. The zero-order chi connectivity index (χ0) is 18.2. The maximum atomic E-state index is 12.0. The van der Waals surface area contributed by atoms with Crippen LogP contribution in [0.3, 0.4) is 0 Å². The lowest BCUT2D eigenvalue weighted by molar-refractivity contribution is -0.119. The summed E-state index contributed by atoms with van der Waals surface area (Å²) in [6.07, 6.45) is 0. The number of nitrogens with one attached hydrogen (secondary N) is 1. The number of benzene rings is 2. The van der Waals surface area contributed by atoms with E-state index in [4.69, 9.17) is 18.9 Å². The Morgan fingerprint density at radius 2 is 1.64 bits per heavy atom. The molecule has 0 aliphatic rings. The van der Waals surface area contributed by atoms with Gasteiger partial charge in [-0.3, -0.25) is 4.79 Å². The first kappa shape index (κ1) is 18.1. The number of hydrogen-bond donors (Lipinski definition) is 1. The monoisotopic (exact) mass is 345 g/mol. The molecule has 0 atom stereocenters. The van der Waals surface area contributed by atoms with Crippen molar-refractivity contribution in [2.45, 2.75) is 0 Å². The van der Waals surface area contributed by atoms with E-state index < -0.39 is 18.5 Å². The Bertz CT molecular complexity index is 759. The molecule has 0 heterocycles. The van der Waals surface area contributed by atoms with Gasteiger partial charge >= 0.3 is 5.97 Å². The van der Waals surface area contributed by atoms with Crippen molar-refractivity contribution < 1.29 is 28.5 Å². The number of carbonyl (C=O) groups excluding carboxylic acids is 2. The SMILES string of the molecule is COc1cccc(C(=O)OCC(=O)Nc2cc(OC)ccc2OC)c1. The van der Waals surface area contributed by atoms with Crippen molar-refractivity contribution in [1.82, 2.24) is 0 Å². The Kier molecular flexibility index (Phi) is 6.22. The molecule has 1 amide bonds. The Morgan fingerprint density at radius 1 is 0.920 bits per heavy atom. The van der Waals surface area contributed by atoms with Crippen molar-refractivity contribution in [1.29, 1.82) is 0 Å². The molecule has 1 N–H and O–H groups in total. The highest BCUT2D eigenvalue weighted by Gasteiger charge is 2.13. The third-order valence-electron chi connectivity index (χ3n) is 3.32. The molecule has 0 radical (unpaired) electrons.